The summed E-state index contributed by atoms with van der Waals surface area (Å²) < 4.78 is 6.32. The minimum Gasteiger partial charge on any atom is -0.465 e. The zero-order chi connectivity index (χ0) is 20.9. The molecule has 1 N–H and O–H groups in total. The standard InChI is InChI=1S/C23H18N4O3/c1-30-23(29)17-12-14-18(15-13-17)24-22(28)20-25-21(16-8-4-2-5-9-16)27(26-20)19-10-6-3-7-11-19/h2-15H,1H3,(H,24,28). The highest BCUT2D eigenvalue weighted by atomic mass is 16.5. The molecule has 0 saturated heterocycles. The molecule has 148 valence electrons. The van der Waals surface area contributed by atoms with Gasteiger partial charge in [-0.2, -0.15) is 0 Å². The predicted molar refractivity (Wildman–Crippen MR) is 113 cm³/mol. The van der Waals surface area contributed by atoms with Crippen LogP contribution in [0.25, 0.3) is 17.1 Å². The third-order valence-electron chi connectivity index (χ3n) is 4.41. The van der Waals surface area contributed by atoms with Crippen molar-refractivity contribution >= 4 is 17.6 Å². The number of ether oxygens (including phenoxy) is 1. The minimum absolute atomic E-state index is 0.0368. The molecule has 7 nitrogen and oxygen atoms in total. The molecule has 0 radical (unpaired) electrons. The maximum absolute atomic E-state index is 12.8. The molecule has 0 bridgehead atoms. The molecule has 0 atom stereocenters. The van der Waals surface area contributed by atoms with E-state index in [-0.39, 0.29) is 5.82 Å². The summed E-state index contributed by atoms with van der Waals surface area (Å²) >= 11 is 0. The smallest absolute Gasteiger partial charge is 0.337 e. The molecule has 0 fully saturated rings. The van der Waals surface area contributed by atoms with E-state index in [1.807, 2.05) is 60.7 Å². The fourth-order valence-corrected chi connectivity index (χ4v) is 2.93. The van der Waals surface area contributed by atoms with Gasteiger partial charge in [-0.05, 0) is 36.4 Å². The Bertz CT molecular complexity index is 1110. The average Bonchev–Trinajstić information content (AvgIpc) is 3.26. The van der Waals surface area contributed by atoms with E-state index in [4.69, 9.17) is 0 Å². The maximum atomic E-state index is 12.8. The first-order valence-electron chi connectivity index (χ1n) is 9.23. The molecule has 0 unspecified atom stereocenters. The molecule has 0 aliphatic carbocycles. The van der Waals surface area contributed by atoms with Crippen molar-refractivity contribution in [1.29, 1.82) is 0 Å². The number of amides is 1. The molecular formula is C23H18N4O3. The number of hydrogen-bond donors (Lipinski definition) is 1. The Kier molecular flexibility index (Phi) is 5.34. The number of hydrogen-bond acceptors (Lipinski definition) is 5. The number of carbonyl (C=O) groups excluding carboxylic acids is 2. The molecule has 1 aromatic heterocycles. The van der Waals surface area contributed by atoms with Crippen molar-refractivity contribution < 1.29 is 14.3 Å². The third-order valence-corrected chi connectivity index (χ3v) is 4.41. The first-order valence-corrected chi connectivity index (χ1v) is 9.23. The number of nitrogens with zero attached hydrogens (tertiary/aromatic N) is 3. The van der Waals surface area contributed by atoms with Gasteiger partial charge in [0.1, 0.15) is 0 Å². The summed E-state index contributed by atoms with van der Waals surface area (Å²) in [5, 5.41) is 7.19. The Morgan fingerprint density at radius 1 is 0.867 bits per heavy atom. The summed E-state index contributed by atoms with van der Waals surface area (Å²) in [7, 11) is 1.32. The van der Waals surface area contributed by atoms with E-state index in [0.29, 0.717) is 17.1 Å². The summed E-state index contributed by atoms with van der Waals surface area (Å²) in [5.41, 5.74) is 2.55. The molecule has 30 heavy (non-hydrogen) atoms. The van der Waals surface area contributed by atoms with E-state index in [9.17, 15) is 9.59 Å². The van der Waals surface area contributed by atoms with Gasteiger partial charge in [0.15, 0.2) is 5.82 Å². The molecule has 1 amide bonds. The Balaban J connectivity index is 1.65. The first kappa shape index (κ1) is 19.1. The lowest BCUT2D eigenvalue weighted by Crippen LogP contribution is -2.14. The van der Waals surface area contributed by atoms with Crippen LogP contribution in [0.15, 0.2) is 84.9 Å². The van der Waals surface area contributed by atoms with Gasteiger partial charge in [-0.25, -0.2) is 14.5 Å². The molecule has 0 spiro atoms. The van der Waals surface area contributed by atoms with Gasteiger partial charge in [-0.15, -0.1) is 5.10 Å². The number of nitrogens with one attached hydrogen (secondary N) is 1. The van der Waals surface area contributed by atoms with Gasteiger partial charge in [-0.1, -0.05) is 48.5 Å². The van der Waals surface area contributed by atoms with Crippen LogP contribution < -0.4 is 5.32 Å². The van der Waals surface area contributed by atoms with E-state index in [1.165, 1.54) is 7.11 Å². The summed E-state index contributed by atoms with van der Waals surface area (Å²) in [5.74, 6) is -0.293. The Morgan fingerprint density at radius 2 is 1.50 bits per heavy atom. The second kappa shape index (κ2) is 8.40. The molecule has 1 heterocycles. The minimum atomic E-state index is -0.451. The molecule has 7 heteroatoms. The SMILES string of the molecule is COC(=O)c1ccc(NC(=O)c2nc(-c3ccccc3)n(-c3ccccc3)n2)cc1. The maximum Gasteiger partial charge on any atom is 0.337 e. The average molecular weight is 398 g/mol. The number of carbonyl (C=O) groups is 2. The number of para-hydroxylation sites is 1. The van der Waals surface area contributed by atoms with E-state index in [2.05, 4.69) is 20.1 Å². The number of methoxy groups -OCH3 is 1. The molecule has 3 aromatic carbocycles. The summed E-state index contributed by atoms with van der Waals surface area (Å²) in [6.45, 7) is 0. The Labute approximate surface area is 173 Å². The molecular weight excluding hydrogens is 380 g/mol. The zero-order valence-electron chi connectivity index (χ0n) is 16.1. The van der Waals surface area contributed by atoms with Crippen LogP contribution in [0.4, 0.5) is 5.69 Å². The van der Waals surface area contributed by atoms with Crippen LogP contribution in [0.1, 0.15) is 21.0 Å². The second-order valence-electron chi connectivity index (χ2n) is 6.40. The first-order chi connectivity index (χ1) is 14.7. The number of rotatable bonds is 5. The van der Waals surface area contributed by atoms with Crippen LogP contribution in [0.2, 0.25) is 0 Å². The largest absolute Gasteiger partial charge is 0.465 e. The summed E-state index contributed by atoms with van der Waals surface area (Å²) in [4.78, 5) is 28.8. The van der Waals surface area contributed by atoms with Crippen LogP contribution in [0.3, 0.4) is 0 Å². The van der Waals surface area contributed by atoms with Crippen LogP contribution in [0.5, 0.6) is 0 Å². The highest BCUT2D eigenvalue weighted by Gasteiger charge is 2.19. The van der Waals surface area contributed by atoms with Gasteiger partial charge in [0.25, 0.3) is 5.91 Å². The van der Waals surface area contributed by atoms with Crippen molar-refractivity contribution in [3.8, 4) is 17.1 Å². The summed E-state index contributed by atoms with van der Waals surface area (Å²) in [6, 6.07) is 25.4. The molecule has 0 saturated carbocycles. The monoisotopic (exact) mass is 398 g/mol. The van der Waals surface area contributed by atoms with E-state index in [0.717, 1.165) is 11.3 Å². The Morgan fingerprint density at radius 3 is 2.13 bits per heavy atom. The second-order valence-corrected chi connectivity index (χ2v) is 6.40. The van der Waals surface area contributed by atoms with Gasteiger partial charge in [0.2, 0.25) is 5.82 Å². The van der Waals surface area contributed by atoms with E-state index in [1.54, 1.807) is 28.9 Å². The molecule has 0 aliphatic heterocycles. The predicted octanol–water partition coefficient (Wildman–Crippen LogP) is 3.97. The Hall–Kier alpha value is -4.26. The van der Waals surface area contributed by atoms with Crippen LogP contribution >= 0.6 is 0 Å². The lowest BCUT2D eigenvalue weighted by atomic mass is 10.2. The fourth-order valence-electron chi connectivity index (χ4n) is 2.93. The molecule has 4 rings (SSSR count). The molecule has 4 aromatic rings. The van der Waals surface area contributed by atoms with Crippen molar-refractivity contribution in [2.45, 2.75) is 0 Å². The van der Waals surface area contributed by atoms with Crippen molar-refractivity contribution in [2.24, 2.45) is 0 Å². The van der Waals surface area contributed by atoms with E-state index < -0.39 is 11.9 Å². The van der Waals surface area contributed by atoms with Gasteiger partial charge < -0.3 is 10.1 Å². The zero-order valence-corrected chi connectivity index (χ0v) is 16.1. The van der Waals surface area contributed by atoms with Crippen molar-refractivity contribution in [2.75, 3.05) is 12.4 Å². The highest BCUT2D eigenvalue weighted by Crippen LogP contribution is 2.21. The fraction of sp³-hybridized carbons (Fsp3) is 0.0435. The van der Waals surface area contributed by atoms with Crippen LogP contribution in [-0.4, -0.2) is 33.8 Å². The number of anilines is 1. The normalized spacial score (nSPS) is 10.4. The number of esters is 1. The van der Waals surface area contributed by atoms with Gasteiger partial charge in [-0.3, -0.25) is 4.79 Å². The topological polar surface area (TPSA) is 86.1 Å². The van der Waals surface area contributed by atoms with Gasteiger partial charge in [0, 0.05) is 11.3 Å². The highest BCUT2D eigenvalue weighted by molar-refractivity contribution is 6.02. The quantitative estimate of drug-likeness (QED) is 0.514. The lowest BCUT2D eigenvalue weighted by molar-refractivity contribution is 0.0600. The van der Waals surface area contributed by atoms with Crippen molar-refractivity contribution in [3.63, 3.8) is 0 Å². The molecule has 0 aliphatic rings. The summed E-state index contributed by atoms with van der Waals surface area (Å²) in [6.07, 6.45) is 0. The number of benzene rings is 3. The third kappa shape index (κ3) is 3.95. The van der Waals surface area contributed by atoms with Crippen molar-refractivity contribution in [3.05, 3.63) is 96.3 Å². The van der Waals surface area contributed by atoms with Crippen LogP contribution in [-0.2, 0) is 4.74 Å². The van der Waals surface area contributed by atoms with Crippen molar-refractivity contribution in [1.82, 2.24) is 14.8 Å². The number of aromatic nitrogens is 3. The van der Waals surface area contributed by atoms with Crippen LogP contribution in [0, 0.1) is 0 Å². The van der Waals surface area contributed by atoms with Gasteiger partial charge >= 0.3 is 5.97 Å². The van der Waals surface area contributed by atoms with Gasteiger partial charge in [0.05, 0.1) is 18.4 Å². The van der Waals surface area contributed by atoms with E-state index >= 15 is 0 Å². The lowest BCUT2D eigenvalue weighted by Gasteiger charge is -2.05.